The van der Waals surface area contributed by atoms with Crippen LogP contribution in [0, 0.1) is 5.82 Å². The molecule has 0 spiro atoms. The summed E-state index contributed by atoms with van der Waals surface area (Å²) in [5, 5.41) is 8.75. The van der Waals surface area contributed by atoms with Gasteiger partial charge in [0, 0.05) is 6.07 Å². The monoisotopic (exact) mass is 354 g/mol. The van der Waals surface area contributed by atoms with Crippen LogP contribution in [-0.4, -0.2) is 18.2 Å². The number of carbonyl (C=O) groups is 1. The maximum Gasteiger partial charge on any atom is 0.338 e. The molecule has 0 saturated carbocycles. The van der Waals surface area contributed by atoms with Gasteiger partial charge in [0.2, 0.25) is 0 Å². The van der Waals surface area contributed by atoms with E-state index in [4.69, 9.17) is 14.6 Å². The van der Waals surface area contributed by atoms with Gasteiger partial charge in [0.15, 0.2) is 0 Å². The first kappa shape index (κ1) is 15.3. The van der Waals surface area contributed by atoms with E-state index in [1.165, 1.54) is 12.1 Å². The number of ether oxygens (including phenoxy) is 2. The molecule has 2 aromatic carbocycles. The van der Waals surface area contributed by atoms with Crippen LogP contribution in [0.3, 0.4) is 0 Å². The van der Waals surface area contributed by atoms with E-state index in [1.54, 1.807) is 13.2 Å². The smallest absolute Gasteiger partial charge is 0.338 e. The first-order valence-electron chi connectivity index (χ1n) is 5.99. The number of carboxylic acids is 1. The molecule has 0 bridgehead atoms. The molecule has 0 aliphatic heterocycles. The molecule has 2 rings (SSSR count). The highest BCUT2D eigenvalue weighted by molar-refractivity contribution is 9.10. The Bertz CT molecular complexity index is 673. The zero-order valence-corrected chi connectivity index (χ0v) is 12.7. The van der Waals surface area contributed by atoms with Crippen molar-refractivity contribution in [1.82, 2.24) is 0 Å². The summed E-state index contributed by atoms with van der Waals surface area (Å²) in [6.07, 6.45) is 0. The fourth-order valence-corrected chi connectivity index (χ4v) is 2.31. The molecule has 110 valence electrons. The van der Waals surface area contributed by atoms with Crippen molar-refractivity contribution in [2.45, 2.75) is 6.61 Å². The van der Waals surface area contributed by atoms with E-state index < -0.39 is 11.8 Å². The first-order valence-corrected chi connectivity index (χ1v) is 6.78. The first-order chi connectivity index (χ1) is 10.0. The molecule has 4 nitrogen and oxygen atoms in total. The average Bonchev–Trinajstić information content (AvgIpc) is 2.45. The Hall–Kier alpha value is -2.08. The lowest BCUT2D eigenvalue weighted by Crippen LogP contribution is -2.02. The SMILES string of the molecule is COc1ccc(COc2ccc(C(=O)O)c(F)c2)cc1Br. The Kier molecular flexibility index (Phi) is 4.80. The van der Waals surface area contributed by atoms with E-state index in [0.717, 1.165) is 16.1 Å². The molecule has 21 heavy (non-hydrogen) atoms. The standard InChI is InChI=1S/C15H12BrFO4/c1-20-14-5-2-9(6-12(14)16)8-21-10-3-4-11(15(18)19)13(17)7-10/h2-7H,8H2,1H3,(H,18,19). The molecule has 2 aromatic rings. The molecule has 0 fully saturated rings. The Morgan fingerprint density at radius 1 is 1.29 bits per heavy atom. The minimum atomic E-state index is -1.31. The van der Waals surface area contributed by atoms with Crippen molar-refractivity contribution in [2.24, 2.45) is 0 Å². The third-order valence-electron chi connectivity index (χ3n) is 2.79. The molecule has 0 heterocycles. The quantitative estimate of drug-likeness (QED) is 0.885. The second-order valence-corrected chi connectivity index (χ2v) is 5.06. The number of carboxylic acid groups (broad SMARTS) is 1. The number of halogens is 2. The van der Waals surface area contributed by atoms with Gasteiger partial charge < -0.3 is 14.6 Å². The summed E-state index contributed by atoms with van der Waals surface area (Å²) >= 11 is 3.36. The molecule has 0 saturated heterocycles. The van der Waals surface area contributed by atoms with E-state index in [1.807, 2.05) is 12.1 Å². The third-order valence-corrected chi connectivity index (χ3v) is 3.41. The third kappa shape index (κ3) is 3.72. The summed E-state index contributed by atoms with van der Waals surface area (Å²) in [6.45, 7) is 0.231. The molecule has 6 heteroatoms. The van der Waals surface area contributed by atoms with Gasteiger partial charge in [0.1, 0.15) is 23.9 Å². The Balaban J connectivity index is 2.08. The average molecular weight is 355 g/mol. The fraction of sp³-hybridized carbons (Fsp3) is 0.133. The zero-order chi connectivity index (χ0) is 15.4. The van der Waals surface area contributed by atoms with Crippen molar-refractivity contribution in [1.29, 1.82) is 0 Å². The highest BCUT2D eigenvalue weighted by Crippen LogP contribution is 2.26. The Morgan fingerprint density at radius 3 is 2.62 bits per heavy atom. The predicted molar refractivity (Wildman–Crippen MR) is 78.4 cm³/mol. The van der Waals surface area contributed by atoms with Crippen LogP contribution in [0.4, 0.5) is 4.39 Å². The second kappa shape index (κ2) is 6.58. The molecule has 1 N–H and O–H groups in total. The molecular formula is C15H12BrFO4. The van der Waals surface area contributed by atoms with Crippen molar-refractivity contribution in [3.05, 3.63) is 57.8 Å². The molecule has 0 atom stereocenters. The van der Waals surface area contributed by atoms with Gasteiger partial charge in [-0.3, -0.25) is 0 Å². The van der Waals surface area contributed by atoms with Crippen LogP contribution in [0.25, 0.3) is 0 Å². The van der Waals surface area contributed by atoms with Crippen LogP contribution >= 0.6 is 15.9 Å². The van der Waals surface area contributed by atoms with Crippen LogP contribution < -0.4 is 9.47 Å². The summed E-state index contributed by atoms with van der Waals surface area (Å²) < 4.78 is 24.9. The lowest BCUT2D eigenvalue weighted by Gasteiger charge is -2.09. The summed E-state index contributed by atoms with van der Waals surface area (Å²) in [5.41, 5.74) is 0.486. The van der Waals surface area contributed by atoms with Crippen molar-refractivity contribution in [2.75, 3.05) is 7.11 Å². The van der Waals surface area contributed by atoms with Crippen molar-refractivity contribution in [3.63, 3.8) is 0 Å². The van der Waals surface area contributed by atoms with Gasteiger partial charge in [0.25, 0.3) is 0 Å². The zero-order valence-electron chi connectivity index (χ0n) is 11.1. The van der Waals surface area contributed by atoms with E-state index in [-0.39, 0.29) is 17.9 Å². The maximum atomic E-state index is 13.5. The van der Waals surface area contributed by atoms with Crippen molar-refractivity contribution in [3.8, 4) is 11.5 Å². The Morgan fingerprint density at radius 2 is 2.05 bits per heavy atom. The van der Waals surface area contributed by atoms with Gasteiger partial charge in [0.05, 0.1) is 17.1 Å². The molecule has 0 unspecified atom stereocenters. The highest BCUT2D eigenvalue weighted by Gasteiger charge is 2.11. The number of rotatable bonds is 5. The van der Waals surface area contributed by atoms with Gasteiger partial charge in [-0.2, -0.15) is 0 Å². The van der Waals surface area contributed by atoms with Crippen LogP contribution in [0.15, 0.2) is 40.9 Å². The molecular weight excluding hydrogens is 343 g/mol. The van der Waals surface area contributed by atoms with Crippen LogP contribution in [0.2, 0.25) is 0 Å². The molecule has 0 aliphatic carbocycles. The minimum Gasteiger partial charge on any atom is -0.496 e. The van der Waals surface area contributed by atoms with Gasteiger partial charge in [-0.25, -0.2) is 9.18 Å². The minimum absolute atomic E-state index is 0.231. The molecule has 0 radical (unpaired) electrons. The largest absolute Gasteiger partial charge is 0.496 e. The molecule has 0 amide bonds. The van der Waals surface area contributed by atoms with Gasteiger partial charge in [-0.1, -0.05) is 6.07 Å². The van der Waals surface area contributed by atoms with Crippen molar-refractivity contribution < 1.29 is 23.8 Å². The van der Waals surface area contributed by atoms with Gasteiger partial charge >= 0.3 is 5.97 Å². The summed E-state index contributed by atoms with van der Waals surface area (Å²) in [6, 6.07) is 9.10. The van der Waals surface area contributed by atoms with Gasteiger partial charge in [-0.05, 0) is 45.8 Å². The van der Waals surface area contributed by atoms with Crippen molar-refractivity contribution >= 4 is 21.9 Å². The van der Waals surface area contributed by atoms with E-state index in [9.17, 15) is 9.18 Å². The van der Waals surface area contributed by atoms with E-state index in [0.29, 0.717) is 5.75 Å². The normalized spacial score (nSPS) is 10.2. The van der Waals surface area contributed by atoms with Crippen LogP contribution in [-0.2, 0) is 6.61 Å². The van der Waals surface area contributed by atoms with Crippen LogP contribution in [0.1, 0.15) is 15.9 Å². The summed E-state index contributed by atoms with van der Waals surface area (Å²) in [5.74, 6) is -1.16. The highest BCUT2D eigenvalue weighted by atomic mass is 79.9. The van der Waals surface area contributed by atoms with E-state index >= 15 is 0 Å². The summed E-state index contributed by atoms with van der Waals surface area (Å²) in [4.78, 5) is 10.7. The topological polar surface area (TPSA) is 55.8 Å². The second-order valence-electron chi connectivity index (χ2n) is 4.20. The number of benzene rings is 2. The number of hydrogen-bond donors (Lipinski definition) is 1. The summed E-state index contributed by atoms with van der Waals surface area (Å²) in [7, 11) is 1.57. The maximum absolute atomic E-state index is 13.5. The molecule has 0 aliphatic rings. The lowest BCUT2D eigenvalue weighted by molar-refractivity contribution is 0.0692. The Labute approximate surface area is 129 Å². The fourth-order valence-electron chi connectivity index (χ4n) is 1.73. The number of aromatic carboxylic acids is 1. The van der Waals surface area contributed by atoms with E-state index in [2.05, 4.69) is 15.9 Å². The predicted octanol–water partition coefficient (Wildman–Crippen LogP) is 3.87. The van der Waals surface area contributed by atoms with Crippen LogP contribution in [0.5, 0.6) is 11.5 Å². The number of hydrogen-bond acceptors (Lipinski definition) is 3. The molecule has 0 aromatic heterocycles. The van der Waals surface area contributed by atoms with Gasteiger partial charge in [-0.15, -0.1) is 0 Å². The lowest BCUT2D eigenvalue weighted by atomic mass is 10.2. The number of methoxy groups -OCH3 is 1.